The van der Waals surface area contributed by atoms with E-state index in [4.69, 9.17) is 18.8 Å². The average molecular weight is 851 g/mol. The van der Waals surface area contributed by atoms with Crippen molar-refractivity contribution in [2.75, 3.05) is 58.2 Å². The highest BCUT2D eigenvalue weighted by Gasteiger charge is 2.21. The standard InChI is InChI=1S/C32H33FN4O5S2.C8H6O3S2/c1-36-13-15-37(16-14-36)12-5-17-41-30-20-26-24(19-29(30)40-2)27(10-11-34-26)42-28-9-8-22(18-25(28)33)35-44(38,39)32-21-43-31-7-4-3-6-23(31)32;9-13(10,11)8-5-12-7-4-2-1-3-6(7)8/h3-4,6-11,18-21,35H,5,12-17H2,1-2H3;1-5H,(H,9,10,11). The number of aromatic nitrogens is 1. The van der Waals surface area contributed by atoms with Gasteiger partial charge in [0, 0.05) is 87.4 Å². The number of hydrogen-bond donors (Lipinski definition) is 2. The number of piperazine rings is 1. The molecule has 0 amide bonds. The Balaban J connectivity index is 0.000000322. The van der Waals surface area contributed by atoms with Gasteiger partial charge in [-0.15, -0.1) is 22.7 Å². The molecule has 12 nitrogen and oxygen atoms in total. The number of hydrogen-bond acceptors (Lipinski definition) is 12. The van der Waals surface area contributed by atoms with Crippen molar-refractivity contribution in [3.63, 3.8) is 0 Å². The first-order valence-electron chi connectivity index (χ1n) is 17.8. The van der Waals surface area contributed by atoms with Gasteiger partial charge in [0.2, 0.25) is 0 Å². The Morgan fingerprint density at radius 1 is 0.789 bits per heavy atom. The van der Waals surface area contributed by atoms with Crippen LogP contribution in [0.2, 0.25) is 0 Å². The number of pyridine rings is 1. The van der Waals surface area contributed by atoms with Crippen molar-refractivity contribution in [2.24, 2.45) is 0 Å². The van der Waals surface area contributed by atoms with E-state index in [1.807, 2.05) is 24.3 Å². The van der Waals surface area contributed by atoms with Crippen LogP contribution in [0.4, 0.5) is 10.1 Å². The second-order valence-electron chi connectivity index (χ2n) is 13.2. The third-order valence-electron chi connectivity index (χ3n) is 9.32. The molecule has 0 saturated carbocycles. The van der Waals surface area contributed by atoms with Crippen molar-refractivity contribution in [1.82, 2.24) is 14.8 Å². The van der Waals surface area contributed by atoms with Gasteiger partial charge in [-0.1, -0.05) is 36.4 Å². The zero-order valence-electron chi connectivity index (χ0n) is 30.9. The summed E-state index contributed by atoms with van der Waals surface area (Å²) >= 11 is 2.64. The number of likely N-dealkylation sites (N-methyl/N-ethyl adjacent to an activating group) is 1. The average Bonchev–Trinajstić information content (AvgIpc) is 3.84. The van der Waals surface area contributed by atoms with E-state index in [0.29, 0.717) is 45.5 Å². The van der Waals surface area contributed by atoms with E-state index in [-0.39, 0.29) is 21.2 Å². The molecule has 1 aliphatic heterocycles. The zero-order chi connectivity index (χ0) is 40.2. The predicted molar refractivity (Wildman–Crippen MR) is 223 cm³/mol. The molecule has 17 heteroatoms. The van der Waals surface area contributed by atoms with Crippen LogP contribution >= 0.6 is 22.7 Å². The zero-order valence-corrected chi connectivity index (χ0v) is 34.2. The van der Waals surface area contributed by atoms with E-state index in [1.54, 1.807) is 61.2 Å². The topological polar surface area (TPSA) is 148 Å². The van der Waals surface area contributed by atoms with Crippen LogP contribution in [0.5, 0.6) is 23.0 Å². The summed E-state index contributed by atoms with van der Waals surface area (Å²) in [6.07, 6.45) is 2.46. The molecular weight excluding hydrogens is 812 g/mol. The maximum absolute atomic E-state index is 15.2. The van der Waals surface area contributed by atoms with Gasteiger partial charge < -0.3 is 24.0 Å². The molecule has 1 aliphatic rings. The molecule has 298 valence electrons. The van der Waals surface area contributed by atoms with Crippen molar-refractivity contribution in [1.29, 1.82) is 0 Å². The summed E-state index contributed by atoms with van der Waals surface area (Å²) in [7, 11) is -4.30. The van der Waals surface area contributed by atoms with Crippen molar-refractivity contribution in [3.05, 3.63) is 108 Å². The number of fused-ring (bicyclic) bond motifs is 3. The second-order valence-corrected chi connectivity index (χ2v) is 18.1. The lowest BCUT2D eigenvalue weighted by Gasteiger charge is -2.32. The van der Waals surface area contributed by atoms with Crippen LogP contribution in [0.15, 0.2) is 112 Å². The lowest BCUT2D eigenvalue weighted by atomic mass is 10.1. The van der Waals surface area contributed by atoms with Gasteiger partial charge >= 0.3 is 0 Å². The molecule has 7 aromatic rings. The van der Waals surface area contributed by atoms with E-state index < -0.39 is 26.0 Å². The maximum Gasteiger partial charge on any atom is 0.295 e. The summed E-state index contributed by atoms with van der Waals surface area (Å²) in [5.41, 5.74) is 0.686. The van der Waals surface area contributed by atoms with Gasteiger partial charge in [-0.3, -0.25) is 14.3 Å². The van der Waals surface area contributed by atoms with Crippen LogP contribution in [-0.4, -0.2) is 89.7 Å². The Morgan fingerprint density at radius 3 is 2.12 bits per heavy atom. The molecule has 0 radical (unpaired) electrons. The first-order valence-corrected chi connectivity index (χ1v) is 22.5. The van der Waals surface area contributed by atoms with Crippen LogP contribution < -0.4 is 18.9 Å². The fraction of sp³-hybridized carbons (Fsp3) is 0.225. The molecule has 57 heavy (non-hydrogen) atoms. The third kappa shape index (κ3) is 9.47. The summed E-state index contributed by atoms with van der Waals surface area (Å²) in [5.74, 6) is 0.666. The molecule has 0 spiro atoms. The number of anilines is 1. The molecule has 3 aromatic heterocycles. The Hall–Kier alpha value is -4.88. The normalized spacial score (nSPS) is 14.0. The highest BCUT2D eigenvalue weighted by atomic mass is 32.2. The number of nitrogens with one attached hydrogen (secondary N) is 1. The van der Waals surface area contributed by atoms with Crippen LogP contribution in [0.25, 0.3) is 31.1 Å². The number of thiophene rings is 2. The Bertz CT molecular complexity index is 2750. The van der Waals surface area contributed by atoms with E-state index in [9.17, 15) is 16.8 Å². The molecule has 1 saturated heterocycles. The van der Waals surface area contributed by atoms with E-state index >= 15 is 4.39 Å². The van der Waals surface area contributed by atoms with E-state index in [0.717, 1.165) is 54.6 Å². The van der Waals surface area contributed by atoms with Crippen LogP contribution in [0, 0.1) is 5.82 Å². The highest BCUT2D eigenvalue weighted by Crippen LogP contribution is 2.38. The van der Waals surface area contributed by atoms with E-state index in [1.165, 1.54) is 40.2 Å². The maximum atomic E-state index is 15.2. The molecule has 8 rings (SSSR count). The lowest BCUT2D eigenvalue weighted by molar-refractivity contribution is 0.145. The van der Waals surface area contributed by atoms with Crippen molar-refractivity contribution in [3.8, 4) is 23.0 Å². The third-order valence-corrected chi connectivity index (χ3v) is 13.9. The van der Waals surface area contributed by atoms with Gasteiger partial charge in [0.25, 0.3) is 20.1 Å². The van der Waals surface area contributed by atoms with Gasteiger partial charge in [-0.05, 0) is 49.9 Å². The summed E-state index contributed by atoms with van der Waals surface area (Å²) in [5, 5.41) is 4.83. The molecule has 4 aromatic carbocycles. The molecular formula is C40H39FN4O8S4. The molecule has 1 fully saturated rings. The number of benzene rings is 4. The van der Waals surface area contributed by atoms with Crippen LogP contribution in [0.3, 0.4) is 0 Å². The monoisotopic (exact) mass is 850 g/mol. The first kappa shape index (κ1) is 40.3. The van der Waals surface area contributed by atoms with Gasteiger partial charge in [-0.25, -0.2) is 12.8 Å². The van der Waals surface area contributed by atoms with E-state index in [2.05, 4.69) is 26.6 Å². The number of rotatable bonds is 12. The molecule has 0 atom stereocenters. The smallest absolute Gasteiger partial charge is 0.295 e. The number of sulfonamides is 1. The fourth-order valence-corrected chi connectivity index (χ4v) is 10.8. The van der Waals surface area contributed by atoms with Gasteiger partial charge in [0.15, 0.2) is 23.1 Å². The largest absolute Gasteiger partial charge is 0.493 e. The summed E-state index contributed by atoms with van der Waals surface area (Å²) in [4.78, 5) is 9.37. The quantitative estimate of drug-likeness (QED) is 0.0903. The SMILES string of the molecule is COc1cc2c(Oc3ccc(NS(=O)(=O)c4csc5ccccc45)cc3F)ccnc2cc1OCCCN1CCN(C)CC1.O=S(=O)(O)c1csc2ccccc12. The highest BCUT2D eigenvalue weighted by molar-refractivity contribution is 7.93. The summed E-state index contributed by atoms with van der Waals surface area (Å²) in [6, 6.07) is 23.4. The Morgan fingerprint density at radius 2 is 1.46 bits per heavy atom. The van der Waals surface area contributed by atoms with Crippen LogP contribution in [-0.2, 0) is 20.1 Å². The first-order chi connectivity index (χ1) is 27.4. The van der Waals surface area contributed by atoms with Gasteiger partial charge in [-0.2, -0.15) is 8.42 Å². The lowest BCUT2D eigenvalue weighted by Crippen LogP contribution is -2.44. The molecule has 0 bridgehead atoms. The molecule has 0 unspecified atom stereocenters. The number of methoxy groups -OCH3 is 1. The molecule has 0 aliphatic carbocycles. The minimum atomic E-state index is -4.08. The van der Waals surface area contributed by atoms with Crippen LogP contribution in [0.1, 0.15) is 6.42 Å². The number of ether oxygens (including phenoxy) is 3. The number of halogens is 1. The predicted octanol–water partition coefficient (Wildman–Crippen LogP) is 8.35. The van der Waals surface area contributed by atoms with Crippen molar-refractivity contribution in [2.45, 2.75) is 16.2 Å². The second kappa shape index (κ2) is 17.3. The Labute approximate surface area is 337 Å². The minimum absolute atomic E-state index is 0.00639. The fourth-order valence-electron chi connectivity index (χ4n) is 6.32. The molecule has 4 heterocycles. The molecule has 2 N–H and O–H groups in total. The van der Waals surface area contributed by atoms with Gasteiger partial charge in [0.1, 0.15) is 15.5 Å². The van der Waals surface area contributed by atoms with Crippen molar-refractivity contribution < 1.29 is 40.0 Å². The number of nitrogens with zero attached hydrogens (tertiary/aromatic N) is 3. The van der Waals surface area contributed by atoms with Gasteiger partial charge in [0.05, 0.1) is 24.9 Å². The Kier molecular flexibility index (Phi) is 12.2. The summed E-state index contributed by atoms with van der Waals surface area (Å²) in [6.45, 7) is 5.79. The minimum Gasteiger partial charge on any atom is -0.493 e. The summed E-state index contributed by atoms with van der Waals surface area (Å²) < 4.78 is 93.8. The van der Waals surface area contributed by atoms with Crippen molar-refractivity contribution >= 4 is 79.6 Å².